The van der Waals surface area contributed by atoms with Crippen LogP contribution in [0, 0.1) is 0 Å². The van der Waals surface area contributed by atoms with Gasteiger partial charge in [0.05, 0.1) is 13.2 Å². The van der Waals surface area contributed by atoms with Gasteiger partial charge < -0.3 is 4.74 Å². The number of ether oxygens (including phenoxy) is 1. The summed E-state index contributed by atoms with van der Waals surface area (Å²) < 4.78 is 7.76. The van der Waals surface area contributed by atoms with Crippen LogP contribution in [0.2, 0.25) is 0 Å². The van der Waals surface area contributed by atoms with Gasteiger partial charge in [-0.1, -0.05) is 72.4 Å². The van der Waals surface area contributed by atoms with E-state index in [2.05, 4.69) is 63.3 Å². The minimum absolute atomic E-state index is 0.657. The van der Waals surface area contributed by atoms with Gasteiger partial charge >= 0.3 is 0 Å². The second-order valence-corrected chi connectivity index (χ2v) is 7.55. The largest absolute Gasteiger partial charge is 0.494 e. The van der Waals surface area contributed by atoms with Gasteiger partial charge in [-0.05, 0) is 42.3 Å². The van der Waals surface area contributed by atoms with Gasteiger partial charge in [0.2, 0.25) is 0 Å². The van der Waals surface area contributed by atoms with Crippen molar-refractivity contribution >= 4 is 11.8 Å². The Morgan fingerprint density at radius 3 is 2.10 bits per heavy atom. The van der Waals surface area contributed by atoms with Gasteiger partial charge in [-0.25, -0.2) is 0 Å². The molecule has 4 nitrogen and oxygen atoms in total. The van der Waals surface area contributed by atoms with Crippen molar-refractivity contribution < 1.29 is 4.74 Å². The minimum Gasteiger partial charge on any atom is -0.494 e. The number of benzene rings is 3. The van der Waals surface area contributed by atoms with E-state index in [0.29, 0.717) is 6.61 Å². The third-order valence-electron chi connectivity index (χ3n) is 4.53. The van der Waals surface area contributed by atoms with Gasteiger partial charge in [0.25, 0.3) is 0 Å². The summed E-state index contributed by atoms with van der Waals surface area (Å²) in [5, 5.41) is 9.95. The highest BCUT2D eigenvalue weighted by molar-refractivity contribution is 7.98. The van der Waals surface area contributed by atoms with Crippen molar-refractivity contribution in [3.63, 3.8) is 0 Å². The van der Waals surface area contributed by atoms with E-state index in [-0.39, 0.29) is 0 Å². The van der Waals surface area contributed by atoms with E-state index in [1.54, 1.807) is 11.8 Å². The van der Waals surface area contributed by atoms with Gasteiger partial charge in [-0.2, -0.15) is 0 Å². The zero-order valence-corrected chi connectivity index (χ0v) is 17.2. The zero-order chi connectivity index (χ0) is 19.9. The maximum Gasteiger partial charge on any atom is 0.192 e. The van der Waals surface area contributed by atoms with E-state index in [1.165, 1.54) is 11.1 Å². The van der Waals surface area contributed by atoms with Crippen LogP contribution in [0.25, 0.3) is 11.4 Å². The van der Waals surface area contributed by atoms with Gasteiger partial charge in [0.1, 0.15) is 5.75 Å². The van der Waals surface area contributed by atoms with Crippen LogP contribution in [0.3, 0.4) is 0 Å². The van der Waals surface area contributed by atoms with Crippen molar-refractivity contribution in [2.45, 2.75) is 24.4 Å². The molecule has 0 saturated carbocycles. The Morgan fingerprint density at radius 2 is 1.45 bits per heavy atom. The maximum absolute atomic E-state index is 5.57. The Labute approximate surface area is 175 Å². The topological polar surface area (TPSA) is 39.9 Å². The number of thioether (sulfide) groups is 1. The Hall–Kier alpha value is -3.05. The molecule has 4 aromatic rings. The fourth-order valence-corrected chi connectivity index (χ4v) is 4.00. The molecule has 0 N–H and O–H groups in total. The second kappa shape index (κ2) is 9.43. The fraction of sp³-hybridized carbons (Fsp3) is 0.167. The number of hydrogen-bond acceptors (Lipinski definition) is 4. The molecule has 0 aliphatic rings. The van der Waals surface area contributed by atoms with Gasteiger partial charge in [-0.15, -0.1) is 10.2 Å². The molecule has 0 aliphatic carbocycles. The average molecular weight is 402 g/mol. The Kier molecular flexibility index (Phi) is 6.27. The predicted molar refractivity (Wildman–Crippen MR) is 118 cm³/mol. The van der Waals surface area contributed by atoms with Crippen molar-refractivity contribution in [3.05, 3.63) is 96.1 Å². The molecule has 4 rings (SSSR count). The molecule has 0 spiro atoms. The molecule has 0 bridgehead atoms. The van der Waals surface area contributed by atoms with Crippen LogP contribution < -0.4 is 4.74 Å². The normalized spacial score (nSPS) is 10.8. The summed E-state index contributed by atoms with van der Waals surface area (Å²) in [7, 11) is 0. The quantitative estimate of drug-likeness (QED) is 0.356. The molecular weight excluding hydrogens is 378 g/mol. The van der Waals surface area contributed by atoms with Gasteiger partial charge in [0, 0.05) is 11.3 Å². The van der Waals surface area contributed by atoms with Crippen molar-refractivity contribution in [1.82, 2.24) is 14.8 Å². The first kappa shape index (κ1) is 19.3. The molecule has 0 amide bonds. The molecule has 0 unspecified atom stereocenters. The van der Waals surface area contributed by atoms with Crippen LogP contribution in [0.1, 0.15) is 18.1 Å². The van der Waals surface area contributed by atoms with Gasteiger partial charge in [0.15, 0.2) is 11.0 Å². The smallest absolute Gasteiger partial charge is 0.192 e. The zero-order valence-electron chi connectivity index (χ0n) is 16.4. The first-order valence-corrected chi connectivity index (χ1v) is 10.7. The molecule has 146 valence electrons. The average Bonchev–Trinajstić information content (AvgIpc) is 3.17. The molecule has 1 heterocycles. The summed E-state index contributed by atoms with van der Waals surface area (Å²) in [6, 6.07) is 28.9. The van der Waals surface area contributed by atoms with E-state index < -0.39 is 0 Å². The standard InChI is InChI=1S/C24H23N3OS/c1-2-28-22-15-13-21(14-16-22)23-25-26-24(29-18-20-11-7-4-8-12-20)27(23)17-19-9-5-3-6-10-19/h3-16H,2,17-18H2,1H3. The van der Waals surface area contributed by atoms with Crippen LogP contribution >= 0.6 is 11.8 Å². The van der Waals surface area contributed by atoms with Gasteiger partial charge in [-0.3, -0.25) is 4.57 Å². The Balaban J connectivity index is 1.64. The number of aromatic nitrogens is 3. The molecular formula is C24H23N3OS. The highest BCUT2D eigenvalue weighted by atomic mass is 32.2. The van der Waals surface area contributed by atoms with Crippen LogP contribution in [0.5, 0.6) is 5.75 Å². The van der Waals surface area contributed by atoms with Crippen molar-refractivity contribution in [2.24, 2.45) is 0 Å². The number of rotatable bonds is 8. The summed E-state index contributed by atoms with van der Waals surface area (Å²) >= 11 is 1.71. The third kappa shape index (κ3) is 4.87. The van der Waals surface area contributed by atoms with Crippen LogP contribution in [0.15, 0.2) is 90.1 Å². The third-order valence-corrected chi connectivity index (χ3v) is 5.57. The first-order chi connectivity index (χ1) is 14.3. The lowest BCUT2D eigenvalue weighted by molar-refractivity contribution is 0.340. The molecule has 0 saturated heterocycles. The van der Waals surface area contributed by atoms with Crippen molar-refractivity contribution in [2.75, 3.05) is 6.61 Å². The Morgan fingerprint density at radius 1 is 0.793 bits per heavy atom. The molecule has 1 aromatic heterocycles. The van der Waals surface area contributed by atoms with Crippen LogP contribution in [0.4, 0.5) is 0 Å². The molecule has 0 radical (unpaired) electrons. The number of nitrogens with zero attached hydrogens (tertiary/aromatic N) is 3. The highest BCUT2D eigenvalue weighted by Crippen LogP contribution is 2.28. The lowest BCUT2D eigenvalue weighted by Crippen LogP contribution is -2.04. The summed E-state index contributed by atoms with van der Waals surface area (Å²) in [6.07, 6.45) is 0. The summed E-state index contributed by atoms with van der Waals surface area (Å²) in [6.45, 7) is 3.37. The maximum atomic E-state index is 5.57. The molecule has 0 atom stereocenters. The lowest BCUT2D eigenvalue weighted by atomic mass is 10.2. The molecule has 0 aliphatic heterocycles. The summed E-state index contributed by atoms with van der Waals surface area (Å²) in [5.41, 5.74) is 3.53. The van der Waals surface area contributed by atoms with E-state index >= 15 is 0 Å². The fourth-order valence-electron chi connectivity index (χ4n) is 3.11. The second-order valence-electron chi connectivity index (χ2n) is 6.61. The van der Waals surface area contributed by atoms with Crippen LogP contribution in [-0.4, -0.2) is 21.4 Å². The van der Waals surface area contributed by atoms with E-state index in [0.717, 1.165) is 34.6 Å². The predicted octanol–water partition coefficient (Wildman–Crippen LogP) is 5.68. The molecule has 0 fully saturated rings. The molecule has 5 heteroatoms. The highest BCUT2D eigenvalue weighted by Gasteiger charge is 2.15. The van der Waals surface area contributed by atoms with E-state index in [4.69, 9.17) is 4.74 Å². The number of hydrogen-bond donors (Lipinski definition) is 0. The molecule has 3 aromatic carbocycles. The van der Waals surface area contributed by atoms with Crippen LogP contribution in [-0.2, 0) is 12.3 Å². The van der Waals surface area contributed by atoms with Crippen molar-refractivity contribution in [1.29, 1.82) is 0 Å². The van der Waals surface area contributed by atoms with E-state index in [1.807, 2.05) is 43.3 Å². The van der Waals surface area contributed by atoms with E-state index in [9.17, 15) is 0 Å². The van der Waals surface area contributed by atoms with Crippen molar-refractivity contribution in [3.8, 4) is 17.1 Å². The monoisotopic (exact) mass is 401 g/mol. The minimum atomic E-state index is 0.657. The lowest BCUT2D eigenvalue weighted by Gasteiger charge is -2.11. The SMILES string of the molecule is CCOc1ccc(-c2nnc(SCc3ccccc3)n2Cc2ccccc2)cc1. The summed E-state index contributed by atoms with van der Waals surface area (Å²) in [4.78, 5) is 0. The first-order valence-electron chi connectivity index (χ1n) is 9.70. The summed E-state index contributed by atoms with van der Waals surface area (Å²) in [5.74, 6) is 2.59. The Bertz CT molecular complexity index is 1030. The molecule has 29 heavy (non-hydrogen) atoms.